The van der Waals surface area contributed by atoms with E-state index in [1.807, 2.05) is 41.0 Å². The van der Waals surface area contributed by atoms with Gasteiger partial charge < -0.3 is 14.2 Å². The topological polar surface area (TPSA) is 75.5 Å². The third kappa shape index (κ3) is 4.88. The number of halogens is 1. The van der Waals surface area contributed by atoms with Crippen molar-refractivity contribution in [3.05, 3.63) is 77.3 Å². The van der Waals surface area contributed by atoms with Crippen LogP contribution in [0.1, 0.15) is 10.4 Å². The molecule has 4 rings (SSSR count). The molecular formula is C25H22ClN3O4S. The van der Waals surface area contributed by atoms with Gasteiger partial charge in [-0.2, -0.15) is 0 Å². The molecule has 1 aromatic heterocycles. The van der Waals surface area contributed by atoms with Crippen LogP contribution in [0.25, 0.3) is 17.1 Å². The van der Waals surface area contributed by atoms with Crippen molar-refractivity contribution in [3.63, 3.8) is 0 Å². The first-order chi connectivity index (χ1) is 16.5. The lowest BCUT2D eigenvalue weighted by Gasteiger charge is -2.12. The fourth-order valence-electron chi connectivity index (χ4n) is 3.41. The molecule has 0 N–H and O–H groups in total. The molecule has 0 saturated carbocycles. The fourth-order valence-corrected chi connectivity index (χ4v) is 4.39. The van der Waals surface area contributed by atoms with Gasteiger partial charge >= 0.3 is 0 Å². The zero-order valence-electron chi connectivity index (χ0n) is 18.8. The van der Waals surface area contributed by atoms with Gasteiger partial charge in [0.25, 0.3) is 0 Å². The molecule has 0 unspecified atom stereocenters. The van der Waals surface area contributed by atoms with Gasteiger partial charge in [0.2, 0.25) is 0 Å². The van der Waals surface area contributed by atoms with Gasteiger partial charge in [-0.1, -0.05) is 35.5 Å². The summed E-state index contributed by atoms with van der Waals surface area (Å²) in [7, 11) is 4.70. The Morgan fingerprint density at radius 3 is 2.29 bits per heavy atom. The van der Waals surface area contributed by atoms with E-state index < -0.39 is 0 Å². The number of hydrogen-bond acceptors (Lipinski definition) is 7. The molecular weight excluding hydrogens is 474 g/mol. The third-order valence-electron chi connectivity index (χ3n) is 5.10. The number of benzene rings is 3. The van der Waals surface area contributed by atoms with E-state index in [2.05, 4.69) is 10.2 Å². The molecule has 0 aliphatic heterocycles. The Morgan fingerprint density at radius 1 is 0.882 bits per heavy atom. The maximum Gasteiger partial charge on any atom is 0.196 e. The average Bonchev–Trinajstić information content (AvgIpc) is 3.30. The molecule has 0 aliphatic rings. The molecule has 0 atom stereocenters. The molecule has 174 valence electrons. The summed E-state index contributed by atoms with van der Waals surface area (Å²) in [6.07, 6.45) is 0. The zero-order valence-corrected chi connectivity index (χ0v) is 20.4. The maximum absolute atomic E-state index is 12.9. The number of hydrogen-bond donors (Lipinski definition) is 0. The van der Waals surface area contributed by atoms with Crippen molar-refractivity contribution >= 4 is 29.1 Å². The molecule has 0 bridgehead atoms. The quantitative estimate of drug-likeness (QED) is 0.221. The fraction of sp³-hybridized carbons (Fsp3) is 0.160. The number of thioether (sulfide) groups is 1. The van der Waals surface area contributed by atoms with E-state index >= 15 is 0 Å². The van der Waals surface area contributed by atoms with Crippen LogP contribution in [0.5, 0.6) is 17.2 Å². The molecule has 4 aromatic rings. The molecule has 0 fully saturated rings. The Balaban J connectivity index is 1.68. The Labute approximate surface area is 206 Å². The summed E-state index contributed by atoms with van der Waals surface area (Å²) in [5.74, 6) is 2.42. The lowest BCUT2D eigenvalue weighted by Crippen LogP contribution is -2.06. The largest absolute Gasteiger partial charge is 0.496 e. The minimum atomic E-state index is -0.0737. The molecule has 0 saturated heterocycles. The van der Waals surface area contributed by atoms with E-state index in [-0.39, 0.29) is 11.5 Å². The van der Waals surface area contributed by atoms with Crippen molar-refractivity contribution in [1.29, 1.82) is 0 Å². The van der Waals surface area contributed by atoms with Gasteiger partial charge in [0.1, 0.15) is 5.75 Å². The van der Waals surface area contributed by atoms with Crippen molar-refractivity contribution in [2.75, 3.05) is 27.1 Å². The van der Waals surface area contributed by atoms with Gasteiger partial charge in [0.15, 0.2) is 28.3 Å². The summed E-state index contributed by atoms with van der Waals surface area (Å²) in [6, 6.07) is 20.0. The predicted molar refractivity (Wildman–Crippen MR) is 133 cm³/mol. The SMILES string of the molecule is COc1ccc(C(=O)CSc2nnc(-c3ccccc3OC)n2-c2ccc(Cl)cc2)cc1OC. The molecule has 0 radical (unpaired) electrons. The summed E-state index contributed by atoms with van der Waals surface area (Å²) >= 11 is 7.40. The minimum absolute atomic E-state index is 0.0737. The molecule has 0 amide bonds. The molecule has 9 heteroatoms. The van der Waals surface area contributed by atoms with Crippen molar-refractivity contribution in [2.24, 2.45) is 0 Å². The first kappa shape index (κ1) is 23.7. The Bertz CT molecular complexity index is 1310. The van der Waals surface area contributed by atoms with Crippen molar-refractivity contribution in [3.8, 4) is 34.3 Å². The van der Waals surface area contributed by atoms with Crippen LogP contribution in [0.2, 0.25) is 5.02 Å². The van der Waals surface area contributed by atoms with E-state index in [0.717, 1.165) is 11.3 Å². The van der Waals surface area contributed by atoms with E-state index in [0.29, 0.717) is 38.8 Å². The number of carbonyl (C=O) groups excluding carboxylic acids is 1. The van der Waals surface area contributed by atoms with Gasteiger partial charge in [-0.3, -0.25) is 9.36 Å². The van der Waals surface area contributed by atoms with Crippen molar-refractivity contribution in [2.45, 2.75) is 5.16 Å². The highest BCUT2D eigenvalue weighted by atomic mass is 35.5. The van der Waals surface area contributed by atoms with Crippen molar-refractivity contribution < 1.29 is 19.0 Å². The van der Waals surface area contributed by atoms with Gasteiger partial charge in [-0.15, -0.1) is 10.2 Å². The molecule has 3 aromatic carbocycles. The number of Topliss-reactive ketones (excluding diaryl/α,β-unsaturated/α-hetero) is 1. The monoisotopic (exact) mass is 495 g/mol. The number of nitrogens with zero attached hydrogens (tertiary/aromatic N) is 3. The number of aromatic nitrogens is 3. The van der Waals surface area contributed by atoms with Crippen LogP contribution in [-0.4, -0.2) is 47.6 Å². The molecule has 7 nitrogen and oxygen atoms in total. The number of rotatable bonds is 9. The first-order valence-electron chi connectivity index (χ1n) is 10.3. The maximum atomic E-state index is 12.9. The third-order valence-corrected chi connectivity index (χ3v) is 6.28. The molecule has 34 heavy (non-hydrogen) atoms. The Kier molecular flexibility index (Phi) is 7.40. The summed E-state index contributed by atoms with van der Waals surface area (Å²) in [5, 5.41) is 10.00. The average molecular weight is 496 g/mol. The van der Waals surface area contributed by atoms with E-state index in [9.17, 15) is 4.79 Å². The Morgan fingerprint density at radius 2 is 1.59 bits per heavy atom. The number of methoxy groups -OCH3 is 3. The highest BCUT2D eigenvalue weighted by Gasteiger charge is 2.20. The van der Waals surface area contributed by atoms with E-state index in [1.165, 1.54) is 18.9 Å². The van der Waals surface area contributed by atoms with Crippen LogP contribution in [-0.2, 0) is 0 Å². The number of para-hydroxylation sites is 1. The molecule has 0 aliphatic carbocycles. The van der Waals surface area contributed by atoms with Gasteiger partial charge in [0, 0.05) is 16.3 Å². The number of ketones is 1. The first-order valence-corrected chi connectivity index (χ1v) is 11.6. The molecule has 0 spiro atoms. The van der Waals surface area contributed by atoms with Crippen LogP contribution in [0.3, 0.4) is 0 Å². The van der Waals surface area contributed by atoms with E-state index in [1.54, 1.807) is 44.6 Å². The summed E-state index contributed by atoms with van der Waals surface area (Å²) < 4.78 is 18.0. The second-order valence-corrected chi connectivity index (χ2v) is 8.48. The van der Waals surface area contributed by atoms with Gasteiger partial charge in [0.05, 0.1) is 32.6 Å². The van der Waals surface area contributed by atoms with Crippen LogP contribution in [0.15, 0.2) is 71.9 Å². The smallest absolute Gasteiger partial charge is 0.196 e. The van der Waals surface area contributed by atoms with Crippen molar-refractivity contribution in [1.82, 2.24) is 14.8 Å². The Hall–Kier alpha value is -3.49. The summed E-state index contributed by atoms with van der Waals surface area (Å²) in [5.41, 5.74) is 2.12. The van der Waals surface area contributed by atoms with Crippen LogP contribution >= 0.6 is 23.4 Å². The van der Waals surface area contributed by atoms with Crippen LogP contribution in [0.4, 0.5) is 0 Å². The number of ether oxygens (including phenoxy) is 3. The molecule has 1 heterocycles. The summed E-state index contributed by atoms with van der Waals surface area (Å²) in [6.45, 7) is 0. The van der Waals surface area contributed by atoms with Gasteiger partial charge in [-0.05, 0) is 54.6 Å². The summed E-state index contributed by atoms with van der Waals surface area (Å²) in [4.78, 5) is 12.9. The highest BCUT2D eigenvalue weighted by molar-refractivity contribution is 7.99. The zero-order chi connectivity index (χ0) is 24.1. The highest BCUT2D eigenvalue weighted by Crippen LogP contribution is 2.34. The standard InChI is InChI=1S/C25H22ClN3O4S/c1-31-21-7-5-4-6-19(21)24-27-28-25(29(24)18-11-9-17(26)10-12-18)34-15-20(30)16-8-13-22(32-2)23(14-16)33-3/h4-14H,15H2,1-3H3. The van der Waals surface area contributed by atoms with Crippen LogP contribution < -0.4 is 14.2 Å². The second-order valence-electron chi connectivity index (χ2n) is 7.10. The lowest BCUT2D eigenvalue weighted by molar-refractivity contribution is 0.102. The predicted octanol–water partition coefficient (Wildman–Crippen LogP) is 5.59. The van der Waals surface area contributed by atoms with Crippen LogP contribution in [0, 0.1) is 0 Å². The van der Waals surface area contributed by atoms with E-state index in [4.69, 9.17) is 25.8 Å². The number of carbonyl (C=O) groups is 1. The normalized spacial score (nSPS) is 10.7. The lowest BCUT2D eigenvalue weighted by atomic mass is 10.1. The van der Waals surface area contributed by atoms with Gasteiger partial charge in [-0.25, -0.2) is 0 Å². The second kappa shape index (κ2) is 10.6. The minimum Gasteiger partial charge on any atom is -0.496 e.